The molecule has 2 rings (SSSR count). The van der Waals surface area contributed by atoms with Crippen LogP contribution >= 0.6 is 0 Å². The van der Waals surface area contributed by atoms with Crippen molar-refractivity contribution in [1.29, 1.82) is 0 Å². The van der Waals surface area contributed by atoms with Crippen molar-refractivity contribution in [2.24, 2.45) is 11.7 Å². The van der Waals surface area contributed by atoms with E-state index in [0.29, 0.717) is 12.0 Å². The van der Waals surface area contributed by atoms with E-state index in [2.05, 4.69) is 5.32 Å². The number of hydrogen-bond donors (Lipinski definition) is 2. The molecule has 1 saturated carbocycles. The Morgan fingerprint density at radius 1 is 1.42 bits per heavy atom. The molecule has 2 aliphatic rings. The molecular weight excluding hydrogens is 152 g/mol. The maximum Gasteiger partial charge on any atom is 0.0510 e. The molecule has 3 heteroatoms. The molecule has 0 bridgehead atoms. The zero-order chi connectivity index (χ0) is 8.39. The Labute approximate surface area is 73.7 Å². The zero-order valence-corrected chi connectivity index (χ0v) is 7.46. The Morgan fingerprint density at radius 3 is 2.83 bits per heavy atom. The van der Waals surface area contributed by atoms with Crippen molar-refractivity contribution < 1.29 is 4.74 Å². The second kappa shape index (κ2) is 3.73. The number of hydrogen-bond acceptors (Lipinski definition) is 3. The Bertz CT molecular complexity index is 141. The van der Waals surface area contributed by atoms with Gasteiger partial charge in [0.25, 0.3) is 0 Å². The van der Waals surface area contributed by atoms with Gasteiger partial charge < -0.3 is 15.8 Å². The number of rotatable bonds is 4. The minimum atomic E-state index is 0.299. The lowest BCUT2D eigenvalue weighted by Crippen LogP contribution is -2.40. The molecule has 1 heterocycles. The van der Waals surface area contributed by atoms with Gasteiger partial charge in [0.15, 0.2) is 0 Å². The molecule has 0 amide bonds. The van der Waals surface area contributed by atoms with Crippen molar-refractivity contribution in [2.75, 3.05) is 19.8 Å². The van der Waals surface area contributed by atoms with Gasteiger partial charge in [0, 0.05) is 31.2 Å². The topological polar surface area (TPSA) is 47.3 Å². The highest BCUT2D eigenvalue weighted by Gasteiger charge is 2.25. The van der Waals surface area contributed by atoms with Gasteiger partial charge >= 0.3 is 0 Å². The van der Waals surface area contributed by atoms with E-state index in [1.54, 1.807) is 0 Å². The van der Waals surface area contributed by atoms with E-state index in [-0.39, 0.29) is 0 Å². The van der Waals surface area contributed by atoms with E-state index in [0.717, 1.165) is 32.2 Å². The van der Waals surface area contributed by atoms with Gasteiger partial charge in [-0.1, -0.05) is 0 Å². The lowest BCUT2D eigenvalue weighted by molar-refractivity contribution is 0.180. The normalized spacial score (nSPS) is 32.2. The first-order valence-corrected chi connectivity index (χ1v) is 4.93. The lowest BCUT2D eigenvalue weighted by atomic mass is 10.00. The fourth-order valence-corrected chi connectivity index (χ4v) is 1.65. The van der Waals surface area contributed by atoms with Crippen molar-refractivity contribution in [1.82, 2.24) is 5.32 Å². The van der Waals surface area contributed by atoms with Crippen molar-refractivity contribution in [2.45, 2.75) is 31.3 Å². The first-order chi connectivity index (χ1) is 5.86. The summed E-state index contributed by atoms with van der Waals surface area (Å²) in [7, 11) is 0. The summed E-state index contributed by atoms with van der Waals surface area (Å²) in [4.78, 5) is 0. The van der Waals surface area contributed by atoms with E-state index < -0.39 is 0 Å². The second-order valence-electron chi connectivity index (χ2n) is 3.97. The first kappa shape index (κ1) is 8.48. The zero-order valence-electron chi connectivity index (χ0n) is 7.46. The molecule has 70 valence electrons. The maximum atomic E-state index is 6.01. The summed E-state index contributed by atoms with van der Waals surface area (Å²) in [5.74, 6) is 0.594. The molecule has 0 spiro atoms. The fraction of sp³-hybridized carbons (Fsp3) is 1.00. The Kier molecular flexibility index (Phi) is 2.63. The molecule has 0 aromatic rings. The summed E-state index contributed by atoms with van der Waals surface area (Å²) in [6, 6.07) is 1.08. The molecule has 3 N–H and O–H groups in total. The summed E-state index contributed by atoms with van der Waals surface area (Å²) in [6.07, 6.45) is 3.83. The molecule has 0 aromatic heterocycles. The van der Waals surface area contributed by atoms with Crippen molar-refractivity contribution in [3.63, 3.8) is 0 Å². The van der Waals surface area contributed by atoms with Crippen molar-refractivity contribution >= 4 is 0 Å². The molecule has 1 aliphatic carbocycles. The van der Waals surface area contributed by atoms with E-state index >= 15 is 0 Å². The van der Waals surface area contributed by atoms with Gasteiger partial charge in [0.05, 0.1) is 6.61 Å². The fourth-order valence-electron chi connectivity index (χ4n) is 1.65. The summed E-state index contributed by atoms with van der Waals surface area (Å²) in [5, 5.41) is 3.45. The Hall–Kier alpha value is -0.120. The van der Waals surface area contributed by atoms with Crippen LogP contribution in [0.2, 0.25) is 0 Å². The number of ether oxygens (including phenoxy) is 1. The molecule has 2 atom stereocenters. The molecule has 0 radical (unpaired) electrons. The van der Waals surface area contributed by atoms with Gasteiger partial charge in [-0.05, 0) is 19.3 Å². The van der Waals surface area contributed by atoms with Crippen LogP contribution in [-0.4, -0.2) is 31.8 Å². The van der Waals surface area contributed by atoms with Crippen LogP contribution < -0.4 is 11.1 Å². The average Bonchev–Trinajstić information content (AvgIpc) is 2.74. The predicted molar refractivity (Wildman–Crippen MR) is 47.9 cm³/mol. The highest BCUT2D eigenvalue weighted by atomic mass is 16.5. The molecule has 0 aromatic carbocycles. The van der Waals surface area contributed by atoms with Crippen LogP contribution in [0.15, 0.2) is 0 Å². The maximum absolute atomic E-state index is 6.01. The van der Waals surface area contributed by atoms with Crippen LogP contribution in [-0.2, 0) is 4.74 Å². The molecule has 2 fully saturated rings. The molecule has 12 heavy (non-hydrogen) atoms. The van der Waals surface area contributed by atoms with Gasteiger partial charge in [0.1, 0.15) is 0 Å². The summed E-state index contributed by atoms with van der Waals surface area (Å²) >= 11 is 0. The third-order valence-electron chi connectivity index (χ3n) is 2.79. The van der Waals surface area contributed by atoms with Crippen molar-refractivity contribution in [3.8, 4) is 0 Å². The van der Waals surface area contributed by atoms with E-state index in [1.807, 2.05) is 0 Å². The van der Waals surface area contributed by atoms with Crippen LogP contribution in [0.4, 0.5) is 0 Å². The molecule has 2 unspecified atom stereocenters. The van der Waals surface area contributed by atoms with E-state index in [4.69, 9.17) is 10.5 Å². The predicted octanol–water partition coefficient (Wildman–Crippen LogP) is 0.102. The van der Waals surface area contributed by atoms with E-state index in [1.165, 1.54) is 12.8 Å². The monoisotopic (exact) mass is 170 g/mol. The van der Waals surface area contributed by atoms with Gasteiger partial charge in [-0.15, -0.1) is 0 Å². The summed E-state index contributed by atoms with van der Waals surface area (Å²) in [6.45, 7) is 2.74. The summed E-state index contributed by atoms with van der Waals surface area (Å²) < 4.78 is 5.29. The van der Waals surface area contributed by atoms with Crippen LogP contribution in [0.5, 0.6) is 0 Å². The van der Waals surface area contributed by atoms with Crippen LogP contribution in [0.1, 0.15) is 19.3 Å². The smallest absolute Gasteiger partial charge is 0.0510 e. The molecule has 3 nitrogen and oxygen atoms in total. The van der Waals surface area contributed by atoms with Gasteiger partial charge in [-0.25, -0.2) is 0 Å². The van der Waals surface area contributed by atoms with Crippen LogP contribution in [0.25, 0.3) is 0 Å². The molecule has 1 aliphatic heterocycles. The van der Waals surface area contributed by atoms with Gasteiger partial charge in [-0.2, -0.15) is 0 Å². The minimum Gasteiger partial charge on any atom is -0.381 e. The third-order valence-corrected chi connectivity index (χ3v) is 2.79. The standard InChI is InChI=1S/C9H18N2O/c10-9(5-11-8-1-2-8)7-3-4-12-6-7/h7-9,11H,1-6,10H2. The SMILES string of the molecule is NC(CNC1CC1)C1CCOC1. The largest absolute Gasteiger partial charge is 0.381 e. The number of nitrogens with one attached hydrogen (secondary N) is 1. The van der Waals surface area contributed by atoms with Crippen LogP contribution in [0, 0.1) is 5.92 Å². The van der Waals surface area contributed by atoms with Gasteiger partial charge in [-0.3, -0.25) is 0 Å². The van der Waals surface area contributed by atoms with Gasteiger partial charge in [0.2, 0.25) is 0 Å². The van der Waals surface area contributed by atoms with E-state index in [9.17, 15) is 0 Å². The Balaban J connectivity index is 1.64. The van der Waals surface area contributed by atoms with Crippen molar-refractivity contribution in [3.05, 3.63) is 0 Å². The molecular formula is C9H18N2O. The lowest BCUT2D eigenvalue weighted by Gasteiger charge is -2.17. The molecule has 1 saturated heterocycles. The van der Waals surface area contributed by atoms with Crippen LogP contribution in [0.3, 0.4) is 0 Å². The first-order valence-electron chi connectivity index (χ1n) is 4.93. The average molecular weight is 170 g/mol. The highest BCUT2D eigenvalue weighted by Crippen LogP contribution is 2.20. The minimum absolute atomic E-state index is 0.299. The second-order valence-corrected chi connectivity index (χ2v) is 3.97. The third kappa shape index (κ3) is 2.19. The Morgan fingerprint density at radius 2 is 2.25 bits per heavy atom. The quantitative estimate of drug-likeness (QED) is 0.629. The highest BCUT2D eigenvalue weighted by molar-refractivity contribution is 4.85. The summed E-state index contributed by atoms with van der Waals surface area (Å²) in [5.41, 5.74) is 6.01. The number of nitrogens with two attached hydrogens (primary N) is 1.